The zero-order chi connectivity index (χ0) is 14.3. The lowest BCUT2D eigenvalue weighted by atomic mass is 9.60. The number of ketones is 2. The molecule has 4 rings (SSSR count). The number of hydrogen-bond donors (Lipinski definition) is 0. The summed E-state index contributed by atoms with van der Waals surface area (Å²) in [7, 11) is 0. The van der Waals surface area contributed by atoms with Gasteiger partial charge in [-0.25, -0.2) is 4.79 Å². The Balaban J connectivity index is 1.98. The number of ether oxygens (including phenoxy) is 1. The van der Waals surface area contributed by atoms with E-state index in [0.29, 0.717) is 0 Å². The molecule has 20 heavy (non-hydrogen) atoms. The molecule has 4 nitrogen and oxygen atoms in total. The van der Waals surface area contributed by atoms with Crippen LogP contribution >= 0.6 is 0 Å². The summed E-state index contributed by atoms with van der Waals surface area (Å²) in [6.07, 6.45) is 1.55. The Kier molecular flexibility index (Phi) is 3.16. The third-order valence-electron chi connectivity index (χ3n) is 4.35. The Morgan fingerprint density at radius 1 is 1.20 bits per heavy atom. The van der Waals surface area contributed by atoms with Gasteiger partial charge in [-0.2, -0.15) is 0 Å². The summed E-state index contributed by atoms with van der Waals surface area (Å²) in [5.74, 6) is -2.92. The van der Waals surface area contributed by atoms with Gasteiger partial charge in [0, 0.05) is 11.8 Å². The minimum atomic E-state index is -0.879. The second-order valence-electron chi connectivity index (χ2n) is 5.33. The van der Waals surface area contributed by atoms with Gasteiger partial charge in [-0.05, 0) is 30.9 Å². The SMILES string of the molecule is CCOC(=O)C(=O)C1C(=O)C2CCC1c1ccccc12. The first kappa shape index (κ1) is 13.0. The maximum atomic E-state index is 12.5. The highest BCUT2D eigenvalue weighted by atomic mass is 16.5. The topological polar surface area (TPSA) is 60.4 Å². The molecule has 3 aliphatic rings. The van der Waals surface area contributed by atoms with Gasteiger partial charge in [0.25, 0.3) is 5.78 Å². The first-order chi connectivity index (χ1) is 9.65. The van der Waals surface area contributed by atoms with E-state index in [9.17, 15) is 14.4 Å². The summed E-state index contributed by atoms with van der Waals surface area (Å²) in [6, 6.07) is 7.74. The van der Waals surface area contributed by atoms with Crippen LogP contribution in [-0.4, -0.2) is 24.1 Å². The number of carbonyl (C=O) groups excluding carboxylic acids is 3. The van der Waals surface area contributed by atoms with Gasteiger partial charge in [-0.15, -0.1) is 0 Å². The van der Waals surface area contributed by atoms with Crippen LogP contribution in [0.15, 0.2) is 24.3 Å². The molecule has 104 valence electrons. The number of Topliss-reactive ketones (excluding diaryl/α,β-unsaturated/α-hetero) is 2. The zero-order valence-corrected chi connectivity index (χ0v) is 11.3. The van der Waals surface area contributed by atoms with Crippen molar-refractivity contribution in [1.82, 2.24) is 0 Å². The van der Waals surface area contributed by atoms with Crippen LogP contribution in [0.1, 0.15) is 42.7 Å². The van der Waals surface area contributed by atoms with Gasteiger partial charge in [0.05, 0.1) is 12.5 Å². The van der Waals surface area contributed by atoms with Gasteiger partial charge in [-0.3, -0.25) is 9.59 Å². The molecule has 1 fully saturated rings. The molecule has 0 N–H and O–H groups in total. The molecule has 0 spiro atoms. The third-order valence-corrected chi connectivity index (χ3v) is 4.35. The number of esters is 1. The van der Waals surface area contributed by atoms with Crippen LogP contribution in [0, 0.1) is 5.92 Å². The first-order valence-corrected chi connectivity index (χ1v) is 6.98. The molecule has 3 atom stereocenters. The minimum Gasteiger partial charge on any atom is -0.460 e. The van der Waals surface area contributed by atoms with Crippen molar-refractivity contribution in [2.75, 3.05) is 6.61 Å². The molecule has 1 saturated carbocycles. The quantitative estimate of drug-likeness (QED) is 0.479. The number of fused-ring (bicyclic) bond motifs is 2. The second-order valence-corrected chi connectivity index (χ2v) is 5.33. The van der Waals surface area contributed by atoms with E-state index in [1.54, 1.807) is 6.92 Å². The van der Waals surface area contributed by atoms with E-state index < -0.39 is 17.7 Å². The summed E-state index contributed by atoms with van der Waals surface area (Å²) < 4.78 is 4.76. The summed E-state index contributed by atoms with van der Waals surface area (Å²) in [5.41, 5.74) is 2.08. The fourth-order valence-corrected chi connectivity index (χ4v) is 3.52. The zero-order valence-electron chi connectivity index (χ0n) is 11.3. The van der Waals surface area contributed by atoms with Crippen molar-refractivity contribution in [3.63, 3.8) is 0 Å². The van der Waals surface area contributed by atoms with Gasteiger partial charge >= 0.3 is 5.97 Å². The van der Waals surface area contributed by atoms with Crippen molar-refractivity contribution >= 4 is 17.5 Å². The summed E-state index contributed by atoms with van der Waals surface area (Å²) in [6.45, 7) is 1.80. The van der Waals surface area contributed by atoms with Crippen molar-refractivity contribution in [2.45, 2.75) is 31.6 Å². The van der Waals surface area contributed by atoms with Crippen molar-refractivity contribution < 1.29 is 19.1 Å². The van der Waals surface area contributed by atoms with Gasteiger partial charge in [0.15, 0.2) is 5.78 Å². The highest BCUT2D eigenvalue weighted by Gasteiger charge is 2.50. The molecule has 2 bridgehead atoms. The maximum absolute atomic E-state index is 12.5. The summed E-state index contributed by atoms with van der Waals surface area (Å²) in [4.78, 5) is 36.3. The lowest BCUT2D eigenvalue weighted by molar-refractivity contribution is -0.158. The van der Waals surface area contributed by atoms with Crippen LogP contribution < -0.4 is 0 Å². The van der Waals surface area contributed by atoms with E-state index >= 15 is 0 Å². The standard InChI is InChI=1S/C16H16O4/c1-2-20-16(19)15(18)13-11-7-8-12(14(13)17)10-6-4-3-5-9(10)11/h3-6,11-13H,2,7-8H2,1H3. The highest BCUT2D eigenvalue weighted by molar-refractivity contribution is 6.39. The third kappa shape index (κ3) is 1.79. The van der Waals surface area contributed by atoms with E-state index in [0.717, 1.165) is 24.0 Å². The monoisotopic (exact) mass is 272 g/mol. The Morgan fingerprint density at radius 3 is 2.60 bits per heavy atom. The number of rotatable bonds is 3. The van der Waals surface area contributed by atoms with Crippen LogP contribution in [0.2, 0.25) is 0 Å². The van der Waals surface area contributed by atoms with Crippen LogP contribution in [0.3, 0.4) is 0 Å². The predicted octanol–water partition coefficient (Wildman–Crippen LogP) is 1.98. The number of carbonyl (C=O) groups is 3. The molecule has 4 heteroatoms. The molecular weight excluding hydrogens is 256 g/mol. The van der Waals surface area contributed by atoms with Crippen molar-refractivity contribution in [1.29, 1.82) is 0 Å². The van der Waals surface area contributed by atoms with E-state index in [1.165, 1.54) is 0 Å². The van der Waals surface area contributed by atoms with Crippen LogP contribution in [-0.2, 0) is 19.1 Å². The lowest BCUT2D eigenvalue weighted by Crippen LogP contribution is -2.45. The molecular formula is C16H16O4. The van der Waals surface area contributed by atoms with Gasteiger partial charge in [-0.1, -0.05) is 24.3 Å². The Labute approximate surface area is 117 Å². The number of benzene rings is 1. The van der Waals surface area contributed by atoms with Gasteiger partial charge < -0.3 is 4.74 Å². The maximum Gasteiger partial charge on any atom is 0.375 e. The van der Waals surface area contributed by atoms with Crippen LogP contribution in [0.25, 0.3) is 0 Å². The molecule has 3 aliphatic carbocycles. The summed E-state index contributed by atoms with van der Waals surface area (Å²) >= 11 is 0. The fourth-order valence-electron chi connectivity index (χ4n) is 3.52. The van der Waals surface area contributed by atoms with Gasteiger partial charge in [0.2, 0.25) is 0 Å². The Bertz CT molecular complexity index is 590. The van der Waals surface area contributed by atoms with Crippen LogP contribution in [0.4, 0.5) is 0 Å². The molecule has 0 amide bonds. The largest absolute Gasteiger partial charge is 0.460 e. The van der Waals surface area contributed by atoms with E-state index in [2.05, 4.69) is 0 Å². The Morgan fingerprint density at radius 2 is 1.90 bits per heavy atom. The molecule has 0 heterocycles. The number of hydrogen-bond acceptors (Lipinski definition) is 4. The molecule has 0 radical (unpaired) electrons. The average Bonchev–Trinajstić information content (AvgIpc) is 2.47. The lowest BCUT2D eigenvalue weighted by Gasteiger charge is -2.41. The van der Waals surface area contributed by atoms with E-state index in [1.807, 2.05) is 24.3 Å². The smallest absolute Gasteiger partial charge is 0.375 e. The predicted molar refractivity (Wildman–Crippen MR) is 71.3 cm³/mol. The molecule has 0 aromatic heterocycles. The minimum absolute atomic E-state index is 0.113. The molecule has 1 aromatic carbocycles. The molecule has 0 saturated heterocycles. The summed E-state index contributed by atoms with van der Waals surface area (Å²) in [5, 5.41) is 0. The first-order valence-electron chi connectivity index (χ1n) is 6.98. The van der Waals surface area contributed by atoms with E-state index in [4.69, 9.17) is 4.74 Å². The van der Waals surface area contributed by atoms with Crippen molar-refractivity contribution in [3.05, 3.63) is 35.4 Å². The second kappa shape index (κ2) is 4.85. The van der Waals surface area contributed by atoms with Crippen LogP contribution in [0.5, 0.6) is 0 Å². The fraction of sp³-hybridized carbons (Fsp3) is 0.438. The Hall–Kier alpha value is -1.97. The molecule has 1 aromatic rings. The average molecular weight is 272 g/mol. The van der Waals surface area contributed by atoms with Gasteiger partial charge in [0.1, 0.15) is 0 Å². The normalized spacial score (nSPS) is 27.1. The molecule has 3 unspecified atom stereocenters. The van der Waals surface area contributed by atoms with Crippen molar-refractivity contribution in [3.8, 4) is 0 Å². The molecule has 0 aliphatic heterocycles. The van der Waals surface area contributed by atoms with E-state index in [-0.39, 0.29) is 24.2 Å². The highest BCUT2D eigenvalue weighted by Crippen LogP contribution is 2.50. The van der Waals surface area contributed by atoms with Crippen molar-refractivity contribution in [2.24, 2.45) is 5.92 Å².